The predicted octanol–water partition coefficient (Wildman–Crippen LogP) is 9.97. The molecule has 2 aliphatic heterocycles. The van der Waals surface area contributed by atoms with E-state index in [1.165, 1.54) is 71.6 Å². The number of aliphatic imine (C=N–C) groups is 2. The van der Waals surface area contributed by atoms with Crippen LogP contribution in [0.1, 0.15) is 54.7 Å². The van der Waals surface area contributed by atoms with E-state index in [1.54, 1.807) is 0 Å². The molecule has 5 aromatic carbocycles. The molecule has 0 saturated heterocycles. The van der Waals surface area contributed by atoms with Crippen molar-refractivity contribution in [1.82, 2.24) is 9.88 Å². The smallest absolute Gasteiger partial charge is 0.159 e. The second-order valence-corrected chi connectivity index (χ2v) is 16.2. The lowest BCUT2D eigenvalue weighted by Crippen LogP contribution is -2.51. The molecule has 0 radical (unpaired) electrons. The van der Waals surface area contributed by atoms with Gasteiger partial charge in [-0.15, -0.1) is 0 Å². The highest BCUT2D eigenvalue weighted by Gasteiger charge is 2.43. The Balaban J connectivity index is 1.02. The zero-order valence-electron chi connectivity index (χ0n) is 32.4. The van der Waals surface area contributed by atoms with Gasteiger partial charge in [-0.25, -0.2) is 9.98 Å². The average molecular weight is 750 g/mol. The van der Waals surface area contributed by atoms with Crippen molar-refractivity contribution in [1.29, 1.82) is 0 Å². The van der Waals surface area contributed by atoms with Gasteiger partial charge in [-0.2, -0.15) is 0 Å². The lowest BCUT2D eigenvalue weighted by Gasteiger charge is -2.39. The van der Waals surface area contributed by atoms with Gasteiger partial charge >= 0.3 is 0 Å². The SMILES string of the molecule is C1=CC(C2=NC(C3=c4ccccc4=CCC3N3C4=Cc5cc(-n6c7ccccc7c7ccccc76)ccc5CC4c4ccccc43)NC(C3=CCCC=C3)=N2)=CCC1. The number of benzene rings is 5. The number of hydrogen-bond donors (Lipinski definition) is 1. The second kappa shape index (κ2) is 13.5. The molecule has 5 nitrogen and oxygen atoms in total. The first-order valence-electron chi connectivity index (χ1n) is 20.9. The van der Waals surface area contributed by atoms with Gasteiger partial charge in [-0.05, 0) is 102 Å². The molecule has 1 aromatic heterocycles. The van der Waals surface area contributed by atoms with Gasteiger partial charge in [-0.3, -0.25) is 0 Å². The third kappa shape index (κ3) is 5.30. The molecule has 3 atom stereocenters. The minimum Gasteiger partial charge on any atom is -0.344 e. The first-order valence-corrected chi connectivity index (χ1v) is 20.9. The maximum Gasteiger partial charge on any atom is 0.159 e. The van der Waals surface area contributed by atoms with Crippen LogP contribution >= 0.6 is 0 Å². The molecule has 5 heteroatoms. The monoisotopic (exact) mass is 749 g/mol. The molecule has 0 saturated carbocycles. The van der Waals surface area contributed by atoms with Crippen molar-refractivity contribution < 1.29 is 0 Å². The summed E-state index contributed by atoms with van der Waals surface area (Å²) in [5, 5.41) is 9.01. The fourth-order valence-corrected chi connectivity index (χ4v) is 10.3. The van der Waals surface area contributed by atoms with E-state index in [4.69, 9.17) is 9.98 Å². The van der Waals surface area contributed by atoms with Gasteiger partial charge in [0.2, 0.25) is 0 Å². The Kier molecular flexibility index (Phi) is 7.75. The van der Waals surface area contributed by atoms with Gasteiger partial charge in [0.05, 0.1) is 17.1 Å². The molecule has 280 valence electrons. The predicted molar refractivity (Wildman–Crippen MR) is 241 cm³/mol. The minimum absolute atomic E-state index is 0.0444. The number of amidine groups is 2. The molecule has 6 aliphatic rings. The van der Waals surface area contributed by atoms with E-state index in [2.05, 4.69) is 179 Å². The van der Waals surface area contributed by atoms with Crippen LogP contribution < -0.4 is 20.7 Å². The highest BCUT2D eigenvalue weighted by atomic mass is 15.2. The molecule has 58 heavy (non-hydrogen) atoms. The van der Waals surface area contributed by atoms with Crippen LogP contribution in [0.5, 0.6) is 0 Å². The van der Waals surface area contributed by atoms with Gasteiger partial charge in [0.15, 0.2) is 5.84 Å². The largest absolute Gasteiger partial charge is 0.344 e. The number of para-hydroxylation sites is 3. The fraction of sp³-hybridized carbons (Fsp3) is 0.170. The molecular formula is C53H43N5. The maximum atomic E-state index is 5.53. The zero-order valence-corrected chi connectivity index (χ0v) is 32.4. The molecule has 12 rings (SSSR count). The normalized spacial score (nSPS) is 21.8. The molecule has 3 unspecified atom stereocenters. The van der Waals surface area contributed by atoms with Crippen LogP contribution in [0.15, 0.2) is 179 Å². The summed E-state index contributed by atoms with van der Waals surface area (Å²) < 4.78 is 2.44. The van der Waals surface area contributed by atoms with E-state index < -0.39 is 0 Å². The minimum atomic E-state index is -0.292. The lowest BCUT2D eigenvalue weighted by molar-refractivity contribution is 0.668. The third-order valence-corrected chi connectivity index (χ3v) is 13.0. The Morgan fingerprint density at radius 3 is 2.19 bits per heavy atom. The quantitative estimate of drug-likeness (QED) is 0.191. The van der Waals surface area contributed by atoms with Crippen LogP contribution in [-0.2, 0) is 6.42 Å². The number of nitrogens with zero attached hydrogens (tertiary/aromatic N) is 4. The molecule has 6 aromatic rings. The Bertz CT molecular complexity index is 3020. The first kappa shape index (κ1) is 33.4. The number of hydrogen-bond acceptors (Lipinski definition) is 4. The van der Waals surface area contributed by atoms with Gasteiger partial charge in [0.25, 0.3) is 0 Å². The first-order chi connectivity index (χ1) is 28.8. The number of fused-ring (bicyclic) bond motifs is 8. The average Bonchev–Trinajstić information content (AvgIpc) is 3.80. The molecule has 0 bridgehead atoms. The van der Waals surface area contributed by atoms with Crippen LogP contribution in [0, 0.1) is 0 Å². The second-order valence-electron chi connectivity index (χ2n) is 16.2. The summed E-state index contributed by atoms with van der Waals surface area (Å²) in [6, 6.07) is 42.8. The van der Waals surface area contributed by atoms with Gasteiger partial charge in [-0.1, -0.05) is 127 Å². The van der Waals surface area contributed by atoms with E-state index in [-0.39, 0.29) is 18.1 Å². The fourth-order valence-electron chi connectivity index (χ4n) is 10.3. The Morgan fingerprint density at radius 2 is 1.40 bits per heavy atom. The van der Waals surface area contributed by atoms with Crippen LogP contribution in [0.2, 0.25) is 0 Å². The van der Waals surface area contributed by atoms with Gasteiger partial charge < -0.3 is 14.8 Å². The van der Waals surface area contributed by atoms with Crippen molar-refractivity contribution >= 4 is 56.9 Å². The number of nitrogens with one attached hydrogen (secondary N) is 1. The number of rotatable bonds is 5. The van der Waals surface area contributed by atoms with E-state index in [9.17, 15) is 0 Å². The highest BCUT2D eigenvalue weighted by molar-refractivity contribution is 6.15. The number of allylic oxidation sites excluding steroid dienone is 5. The highest BCUT2D eigenvalue weighted by Crippen LogP contribution is 2.51. The van der Waals surface area contributed by atoms with Crippen molar-refractivity contribution in [2.45, 2.75) is 56.7 Å². The molecule has 3 heterocycles. The van der Waals surface area contributed by atoms with E-state index in [0.29, 0.717) is 0 Å². The lowest BCUT2D eigenvalue weighted by atomic mass is 9.83. The summed E-state index contributed by atoms with van der Waals surface area (Å²) in [5.41, 5.74) is 14.0. The standard InChI is InChI=1S/C53H43N5/c1-3-16-35(17-4-1)51-54-52(36-18-5-2-6-19-36)56-53(55-51)50-40-20-8-7-15-34(40)28-30-48(50)58-47-26-14-11-23-43(47)44-32-37-27-29-39(31-38(37)33-49(44)58)57-45-24-12-9-21-41(45)42-22-10-13-25-46(42)57/h3,5,7-29,31,33,44,48,53H,1-2,4,6,30,32H2,(H,54,55,56). The molecule has 0 amide bonds. The van der Waals surface area contributed by atoms with Crippen molar-refractivity contribution in [3.05, 3.63) is 196 Å². The van der Waals surface area contributed by atoms with Crippen molar-refractivity contribution in [2.24, 2.45) is 9.98 Å². The van der Waals surface area contributed by atoms with Crippen LogP contribution in [0.4, 0.5) is 5.69 Å². The Labute approximate surface area is 338 Å². The summed E-state index contributed by atoms with van der Waals surface area (Å²) >= 11 is 0. The zero-order chi connectivity index (χ0) is 38.2. The van der Waals surface area contributed by atoms with Crippen LogP contribution in [-0.4, -0.2) is 28.4 Å². The number of anilines is 1. The Hall–Kier alpha value is -6.72. The Morgan fingerprint density at radius 1 is 0.672 bits per heavy atom. The van der Waals surface area contributed by atoms with E-state index in [1.807, 2.05) is 0 Å². The topological polar surface area (TPSA) is 44.9 Å². The van der Waals surface area contributed by atoms with Crippen LogP contribution in [0.25, 0.3) is 45.2 Å². The van der Waals surface area contributed by atoms with Gasteiger partial charge in [0.1, 0.15) is 12.0 Å². The molecule has 0 spiro atoms. The molecule has 4 aliphatic carbocycles. The summed E-state index contributed by atoms with van der Waals surface area (Å²) in [4.78, 5) is 13.4. The van der Waals surface area contributed by atoms with Crippen LogP contribution in [0.3, 0.4) is 0 Å². The molecule has 1 N–H and O–H groups in total. The maximum absolute atomic E-state index is 5.53. The van der Waals surface area contributed by atoms with E-state index >= 15 is 0 Å². The van der Waals surface area contributed by atoms with Crippen molar-refractivity contribution in [2.75, 3.05) is 4.90 Å². The molecule has 0 fully saturated rings. The summed E-state index contributed by atoms with van der Waals surface area (Å²) in [6.45, 7) is 0. The van der Waals surface area contributed by atoms with Gasteiger partial charge in [0, 0.05) is 50.5 Å². The molecular weight excluding hydrogens is 707 g/mol. The summed E-state index contributed by atoms with van der Waals surface area (Å²) in [5.74, 6) is 2.00. The van der Waals surface area contributed by atoms with Crippen molar-refractivity contribution in [3.63, 3.8) is 0 Å². The third-order valence-electron chi connectivity index (χ3n) is 13.0. The summed E-state index contributed by atoms with van der Waals surface area (Å²) in [7, 11) is 0. The van der Waals surface area contributed by atoms with Crippen molar-refractivity contribution in [3.8, 4) is 5.69 Å². The van der Waals surface area contributed by atoms with E-state index in [0.717, 1.165) is 61.3 Å². The summed E-state index contributed by atoms with van der Waals surface area (Å²) in [6.07, 6.45) is 24.2. The number of aromatic nitrogens is 1.